The Morgan fingerprint density at radius 1 is 1.34 bits per heavy atom. The molecule has 1 aliphatic heterocycles. The minimum atomic E-state index is -0.224. The highest BCUT2D eigenvalue weighted by atomic mass is 16.5. The molecule has 1 aromatic heterocycles. The second-order valence-electron chi connectivity index (χ2n) is 9.10. The number of amides is 1. The van der Waals surface area contributed by atoms with Crippen LogP contribution in [0.15, 0.2) is 30.5 Å². The highest BCUT2D eigenvalue weighted by Gasteiger charge is 2.28. The quantitative estimate of drug-likeness (QED) is 0.737. The van der Waals surface area contributed by atoms with E-state index in [2.05, 4.69) is 60.4 Å². The molecular formula is C24H37N5O3. The van der Waals surface area contributed by atoms with Crippen LogP contribution >= 0.6 is 0 Å². The summed E-state index contributed by atoms with van der Waals surface area (Å²) in [6.45, 7) is 9.21. The lowest BCUT2D eigenvalue weighted by molar-refractivity contribution is -0.136. The molecule has 3 rings (SSSR count). The van der Waals surface area contributed by atoms with E-state index in [0.29, 0.717) is 32.5 Å². The molecule has 0 unspecified atom stereocenters. The summed E-state index contributed by atoms with van der Waals surface area (Å²) in [5.41, 5.74) is 3.37. The molecule has 176 valence electrons. The third-order valence-electron chi connectivity index (χ3n) is 6.24. The Morgan fingerprint density at radius 2 is 2.12 bits per heavy atom. The molecule has 32 heavy (non-hydrogen) atoms. The summed E-state index contributed by atoms with van der Waals surface area (Å²) in [7, 11) is 2.10. The van der Waals surface area contributed by atoms with Crippen LogP contribution in [0.4, 0.5) is 0 Å². The number of hydrogen-bond donors (Lipinski definition) is 1. The van der Waals surface area contributed by atoms with E-state index in [0.717, 1.165) is 18.8 Å². The maximum Gasteiger partial charge on any atom is 0.222 e. The first-order chi connectivity index (χ1) is 15.4. The third-order valence-corrected chi connectivity index (χ3v) is 6.24. The van der Waals surface area contributed by atoms with E-state index in [4.69, 9.17) is 4.74 Å². The van der Waals surface area contributed by atoms with E-state index in [-0.39, 0.29) is 30.6 Å². The number of nitrogens with zero attached hydrogens (tertiary/aromatic N) is 5. The van der Waals surface area contributed by atoms with Gasteiger partial charge in [-0.1, -0.05) is 36.4 Å². The van der Waals surface area contributed by atoms with Crippen LogP contribution in [0.3, 0.4) is 0 Å². The number of fused-ring (bicyclic) bond motifs is 2. The average molecular weight is 444 g/mol. The van der Waals surface area contributed by atoms with Gasteiger partial charge >= 0.3 is 0 Å². The van der Waals surface area contributed by atoms with E-state index in [9.17, 15) is 9.90 Å². The fourth-order valence-electron chi connectivity index (χ4n) is 4.14. The van der Waals surface area contributed by atoms with Gasteiger partial charge in [0.05, 0.1) is 31.6 Å². The monoisotopic (exact) mass is 443 g/mol. The molecule has 0 fully saturated rings. The van der Waals surface area contributed by atoms with E-state index in [1.165, 1.54) is 11.1 Å². The predicted octanol–water partition coefficient (Wildman–Crippen LogP) is 2.24. The second-order valence-corrected chi connectivity index (χ2v) is 9.10. The number of aliphatic hydroxyl groups excluding tert-OH is 1. The maximum absolute atomic E-state index is 13.0. The highest BCUT2D eigenvalue weighted by Crippen LogP contribution is 2.18. The topological polar surface area (TPSA) is 83.7 Å². The zero-order chi connectivity index (χ0) is 23.1. The lowest BCUT2D eigenvalue weighted by Gasteiger charge is -2.35. The van der Waals surface area contributed by atoms with Crippen molar-refractivity contribution in [2.45, 2.75) is 65.5 Å². The fraction of sp³-hybridized carbons (Fsp3) is 0.625. The standard InChI is InChI=1S/C24H37N5O3/c1-18-8-5-6-9-21(18)13-27(4)15-23-19(2)12-29(20(3)16-30)24(31)10-7-11-28-14-22(17-32-23)25-26-28/h5-6,8-9,14,19-20,23,30H,7,10-13,15-17H2,1-4H3/t19-,20+,23+/m0/s1. The summed E-state index contributed by atoms with van der Waals surface area (Å²) >= 11 is 0. The Balaban J connectivity index is 1.77. The van der Waals surface area contributed by atoms with Crippen molar-refractivity contribution < 1.29 is 14.6 Å². The van der Waals surface area contributed by atoms with Gasteiger partial charge in [0, 0.05) is 38.5 Å². The summed E-state index contributed by atoms with van der Waals surface area (Å²) in [6.07, 6.45) is 2.91. The molecule has 0 spiro atoms. The summed E-state index contributed by atoms with van der Waals surface area (Å²) in [5, 5.41) is 18.1. The Hall–Kier alpha value is -2.29. The zero-order valence-corrected chi connectivity index (χ0v) is 19.8. The normalized spacial score (nSPS) is 21.7. The largest absolute Gasteiger partial charge is 0.394 e. The minimum Gasteiger partial charge on any atom is -0.394 e. The average Bonchev–Trinajstić information content (AvgIpc) is 3.23. The number of benzene rings is 1. The molecule has 2 aromatic rings. The van der Waals surface area contributed by atoms with Crippen LogP contribution in [0.1, 0.15) is 43.5 Å². The molecule has 3 atom stereocenters. The number of carbonyl (C=O) groups is 1. The molecule has 8 heteroatoms. The van der Waals surface area contributed by atoms with Gasteiger partial charge in [-0.25, -0.2) is 0 Å². The van der Waals surface area contributed by atoms with E-state index in [1.807, 2.05) is 18.0 Å². The molecule has 1 aliphatic rings. The summed E-state index contributed by atoms with van der Waals surface area (Å²) < 4.78 is 8.11. The number of aromatic nitrogens is 3. The van der Waals surface area contributed by atoms with Gasteiger partial charge in [0.25, 0.3) is 0 Å². The Morgan fingerprint density at radius 3 is 2.88 bits per heavy atom. The van der Waals surface area contributed by atoms with Gasteiger partial charge in [0.1, 0.15) is 5.69 Å². The molecule has 0 aliphatic carbocycles. The van der Waals surface area contributed by atoms with Crippen LogP contribution in [0.5, 0.6) is 0 Å². The molecule has 0 saturated heterocycles. The number of hydrogen-bond acceptors (Lipinski definition) is 6. The summed E-state index contributed by atoms with van der Waals surface area (Å²) in [6, 6.07) is 8.18. The summed E-state index contributed by atoms with van der Waals surface area (Å²) in [5.74, 6) is 0.146. The zero-order valence-electron chi connectivity index (χ0n) is 19.8. The van der Waals surface area contributed by atoms with Crippen LogP contribution in [-0.4, -0.2) is 74.7 Å². The van der Waals surface area contributed by atoms with Crippen LogP contribution in [0, 0.1) is 12.8 Å². The van der Waals surface area contributed by atoms with Gasteiger partial charge in [-0.2, -0.15) is 0 Å². The second kappa shape index (κ2) is 11.5. The van der Waals surface area contributed by atoms with Gasteiger partial charge in [-0.15, -0.1) is 5.10 Å². The maximum atomic E-state index is 13.0. The molecular weight excluding hydrogens is 406 g/mol. The number of carbonyl (C=O) groups excluding carboxylic acids is 1. The summed E-state index contributed by atoms with van der Waals surface area (Å²) in [4.78, 5) is 17.0. The highest BCUT2D eigenvalue weighted by molar-refractivity contribution is 5.76. The van der Waals surface area contributed by atoms with Crippen molar-refractivity contribution in [3.8, 4) is 0 Å². The van der Waals surface area contributed by atoms with Crippen LogP contribution in [-0.2, 0) is 29.2 Å². The SMILES string of the molecule is Cc1ccccc1CN(C)C[C@H]1OCc2cn(nn2)CCCC(=O)N([C@H](C)CO)C[C@@H]1C. The Labute approximate surface area is 191 Å². The van der Waals surface area contributed by atoms with Crippen molar-refractivity contribution in [2.75, 3.05) is 26.7 Å². The molecule has 0 saturated carbocycles. The first kappa shape index (κ1) is 24.4. The number of rotatable bonds is 6. The lowest BCUT2D eigenvalue weighted by atomic mass is 10.0. The van der Waals surface area contributed by atoms with E-state index in [1.54, 1.807) is 4.68 Å². The number of aliphatic hydroxyl groups is 1. The predicted molar refractivity (Wildman–Crippen MR) is 123 cm³/mol. The molecule has 0 radical (unpaired) electrons. The van der Waals surface area contributed by atoms with Crippen molar-refractivity contribution >= 4 is 5.91 Å². The minimum absolute atomic E-state index is 0.0524. The van der Waals surface area contributed by atoms with Crippen molar-refractivity contribution in [3.63, 3.8) is 0 Å². The van der Waals surface area contributed by atoms with Gasteiger partial charge in [0.2, 0.25) is 5.91 Å². The number of aryl methyl sites for hydroxylation is 2. The lowest BCUT2D eigenvalue weighted by Crippen LogP contribution is -2.47. The van der Waals surface area contributed by atoms with E-state index < -0.39 is 0 Å². The van der Waals surface area contributed by atoms with Crippen LogP contribution in [0.2, 0.25) is 0 Å². The molecule has 1 amide bonds. The smallest absolute Gasteiger partial charge is 0.222 e. The molecule has 1 aromatic carbocycles. The number of likely N-dealkylation sites (N-methyl/N-ethyl adjacent to an activating group) is 1. The number of ether oxygens (including phenoxy) is 1. The van der Waals surface area contributed by atoms with Crippen LogP contribution in [0.25, 0.3) is 0 Å². The van der Waals surface area contributed by atoms with E-state index >= 15 is 0 Å². The Kier molecular flexibility index (Phi) is 8.78. The van der Waals surface area contributed by atoms with Gasteiger partial charge < -0.3 is 14.7 Å². The van der Waals surface area contributed by atoms with Crippen molar-refractivity contribution in [2.24, 2.45) is 5.92 Å². The van der Waals surface area contributed by atoms with Crippen molar-refractivity contribution in [3.05, 3.63) is 47.3 Å². The van der Waals surface area contributed by atoms with Gasteiger partial charge in [-0.05, 0) is 38.4 Å². The van der Waals surface area contributed by atoms with Gasteiger partial charge in [-0.3, -0.25) is 14.4 Å². The van der Waals surface area contributed by atoms with Gasteiger partial charge in [0.15, 0.2) is 0 Å². The molecule has 2 heterocycles. The first-order valence-electron chi connectivity index (χ1n) is 11.5. The Bertz CT molecular complexity index is 871. The molecule has 8 nitrogen and oxygen atoms in total. The van der Waals surface area contributed by atoms with Crippen molar-refractivity contribution in [1.82, 2.24) is 24.8 Å². The van der Waals surface area contributed by atoms with Crippen LogP contribution < -0.4 is 0 Å². The molecule has 1 N–H and O–H groups in total. The first-order valence-corrected chi connectivity index (χ1v) is 11.5. The third kappa shape index (κ3) is 6.60. The fourth-order valence-corrected chi connectivity index (χ4v) is 4.14. The molecule has 2 bridgehead atoms. The van der Waals surface area contributed by atoms with Crippen molar-refractivity contribution in [1.29, 1.82) is 0 Å².